The maximum Gasteiger partial charge on any atom is 0.573 e. The van der Waals surface area contributed by atoms with Gasteiger partial charge in [0.15, 0.2) is 10.6 Å². The summed E-state index contributed by atoms with van der Waals surface area (Å²) in [7, 11) is 0. The molecule has 43 heavy (non-hydrogen) atoms. The number of urea groups is 1. The van der Waals surface area contributed by atoms with E-state index in [1.165, 1.54) is 46.6 Å². The van der Waals surface area contributed by atoms with Crippen molar-refractivity contribution in [2.45, 2.75) is 40.0 Å². The highest BCUT2D eigenvalue weighted by Gasteiger charge is 2.31. The molecule has 0 aliphatic carbocycles. The zero-order valence-electron chi connectivity index (χ0n) is 23.7. The first-order valence-electron chi connectivity index (χ1n) is 13.5. The second kappa shape index (κ2) is 12.7. The maximum absolute atomic E-state index is 12.6. The molecular formula is C31H29F3N6O2S. The second-order valence-corrected chi connectivity index (χ2v) is 10.8. The van der Waals surface area contributed by atoms with Gasteiger partial charge in [-0.25, -0.2) is 14.5 Å². The summed E-state index contributed by atoms with van der Waals surface area (Å²) in [5.41, 5.74) is 6.75. The van der Waals surface area contributed by atoms with Crippen LogP contribution in [0.15, 0.2) is 83.4 Å². The first-order valence-corrected chi connectivity index (χ1v) is 14.4. The first kappa shape index (κ1) is 29.8. The normalized spacial score (nSPS) is 12.0. The Labute approximate surface area is 250 Å². The average Bonchev–Trinajstić information content (AvgIpc) is 3.59. The molecule has 222 valence electrons. The van der Waals surface area contributed by atoms with Gasteiger partial charge < -0.3 is 10.1 Å². The number of aromatic nitrogens is 4. The fourth-order valence-corrected chi connectivity index (χ4v) is 5.51. The van der Waals surface area contributed by atoms with Crippen molar-refractivity contribution in [1.82, 2.24) is 24.6 Å². The van der Waals surface area contributed by atoms with Crippen LogP contribution in [0.25, 0.3) is 22.8 Å². The van der Waals surface area contributed by atoms with Gasteiger partial charge in [0.1, 0.15) is 12.1 Å². The van der Waals surface area contributed by atoms with E-state index >= 15 is 0 Å². The van der Waals surface area contributed by atoms with Crippen molar-refractivity contribution in [2.24, 2.45) is 4.99 Å². The third kappa shape index (κ3) is 7.39. The van der Waals surface area contributed by atoms with Crippen molar-refractivity contribution in [3.63, 3.8) is 0 Å². The van der Waals surface area contributed by atoms with Crippen LogP contribution in [-0.2, 0) is 6.42 Å². The molecule has 5 aromatic rings. The number of benzene rings is 3. The van der Waals surface area contributed by atoms with Gasteiger partial charge in [0, 0.05) is 23.2 Å². The maximum atomic E-state index is 12.6. The molecule has 0 aliphatic heterocycles. The molecule has 2 heterocycles. The third-order valence-corrected chi connectivity index (χ3v) is 7.64. The van der Waals surface area contributed by atoms with E-state index < -0.39 is 6.36 Å². The van der Waals surface area contributed by atoms with Crippen molar-refractivity contribution in [1.29, 1.82) is 0 Å². The van der Waals surface area contributed by atoms with Gasteiger partial charge in [-0.15, -0.1) is 29.6 Å². The second-order valence-electron chi connectivity index (χ2n) is 9.93. The number of hydrogen-bond acceptors (Lipinski definition) is 5. The molecule has 0 unspecified atom stereocenters. The Bertz CT molecular complexity index is 1770. The Balaban J connectivity index is 1.15. The lowest BCUT2D eigenvalue weighted by atomic mass is 10.1. The van der Waals surface area contributed by atoms with E-state index in [1.54, 1.807) is 0 Å². The van der Waals surface area contributed by atoms with Gasteiger partial charge in [-0.05, 0) is 74.6 Å². The number of carbonyl (C=O) groups is 1. The fraction of sp³-hybridized carbons (Fsp3) is 0.226. The van der Waals surface area contributed by atoms with E-state index in [0.29, 0.717) is 22.9 Å². The van der Waals surface area contributed by atoms with E-state index in [1.807, 2.05) is 47.2 Å². The summed E-state index contributed by atoms with van der Waals surface area (Å²) >= 11 is 1.44. The molecule has 0 saturated carbocycles. The number of carbonyl (C=O) groups excluding carboxylic acids is 1. The Morgan fingerprint density at radius 1 is 1.00 bits per heavy atom. The average molecular weight is 607 g/mol. The SMILES string of the molecule is Cc1cccc(C)c1-n1c(C)csc1=NC(=O)NCCCc1ccc(-c2ncn(-c3ccc(OC(F)(F)F)cc3)n2)cc1. The minimum absolute atomic E-state index is 0.305. The van der Waals surface area contributed by atoms with Crippen LogP contribution in [0.5, 0.6) is 5.75 Å². The van der Waals surface area contributed by atoms with Gasteiger partial charge in [-0.1, -0.05) is 42.5 Å². The van der Waals surface area contributed by atoms with Crippen molar-refractivity contribution in [2.75, 3.05) is 6.54 Å². The van der Waals surface area contributed by atoms with Gasteiger partial charge in [-0.3, -0.25) is 4.57 Å². The zero-order chi connectivity index (χ0) is 30.6. The summed E-state index contributed by atoms with van der Waals surface area (Å²) < 4.78 is 44.6. The van der Waals surface area contributed by atoms with E-state index in [4.69, 9.17) is 0 Å². The topological polar surface area (TPSA) is 86.3 Å². The molecule has 3 aromatic carbocycles. The Morgan fingerprint density at radius 3 is 2.37 bits per heavy atom. The van der Waals surface area contributed by atoms with Crippen LogP contribution in [-0.4, -0.2) is 38.3 Å². The smallest absolute Gasteiger partial charge is 0.406 e. The number of thiazole rings is 1. The molecule has 2 amide bonds. The summed E-state index contributed by atoms with van der Waals surface area (Å²) in [6, 6.07) is 18.9. The number of ether oxygens (including phenoxy) is 1. The van der Waals surface area contributed by atoms with Gasteiger partial charge in [-0.2, -0.15) is 4.99 Å². The number of nitrogens with zero attached hydrogens (tertiary/aromatic N) is 5. The molecule has 5 rings (SSSR count). The standard InChI is InChI=1S/C31H29F3N6O2S/c1-20-6-4-7-21(2)27(20)40-22(3)18-43-30(40)37-29(41)35-17-5-8-23-9-11-24(12-10-23)28-36-19-39(38-28)25-13-15-26(16-14-25)42-31(32,33)34/h4,6-7,9-16,18-19H,5,8,17H2,1-3H3,(H,35,41). The number of aryl methyl sites for hydroxylation is 4. The fourth-order valence-electron chi connectivity index (χ4n) is 4.66. The van der Waals surface area contributed by atoms with Gasteiger partial charge in [0.25, 0.3) is 0 Å². The van der Waals surface area contributed by atoms with Crippen LogP contribution < -0.4 is 14.9 Å². The van der Waals surface area contributed by atoms with Gasteiger partial charge >= 0.3 is 12.4 Å². The molecule has 12 heteroatoms. The van der Waals surface area contributed by atoms with Crippen LogP contribution >= 0.6 is 11.3 Å². The van der Waals surface area contributed by atoms with E-state index in [0.717, 1.165) is 46.5 Å². The number of amides is 2. The Morgan fingerprint density at radius 2 is 1.70 bits per heavy atom. The van der Waals surface area contributed by atoms with Gasteiger partial charge in [0.2, 0.25) is 0 Å². The molecule has 0 fully saturated rings. The number of nitrogens with one attached hydrogen (secondary N) is 1. The highest BCUT2D eigenvalue weighted by Crippen LogP contribution is 2.24. The molecule has 0 radical (unpaired) electrons. The molecule has 0 bridgehead atoms. The van der Waals surface area contributed by atoms with Crippen molar-refractivity contribution in [3.8, 4) is 28.5 Å². The lowest BCUT2D eigenvalue weighted by molar-refractivity contribution is -0.274. The zero-order valence-corrected chi connectivity index (χ0v) is 24.5. The highest BCUT2D eigenvalue weighted by molar-refractivity contribution is 7.07. The number of para-hydroxylation sites is 1. The molecule has 0 saturated heterocycles. The quantitative estimate of drug-likeness (QED) is 0.196. The molecule has 0 atom stereocenters. The lowest BCUT2D eigenvalue weighted by Crippen LogP contribution is -2.26. The summed E-state index contributed by atoms with van der Waals surface area (Å²) in [4.78, 5) is 21.9. The number of hydrogen-bond donors (Lipinski definition) is 1. The molecule has 8 nitrogen and oxygen atoms in total. The predicted molar refractivity (Wildman–Crippen MR) is 159 cm³/mol. The van der Waals surface area contributed by atoms with E-state index in [-0.39, 0.29) is 11.8 Å². The van der Waals surface area contributed by atoms with Crippen LogP contribution in [0.3, 0.4) is 0 Å². The van der Waals surface area contributed by atoms with Crippen LogP contribution in [0.1, 0.15) is 28.8 Å². The molecule has 0 spiro atoms. The van der Waals surface area contributed by atoms with Crippen LogP contribution in [0.4, 0.5) is 18.0 Å². The lowest BCUT2D eigenvalue weighted by Gasteiger charge is -2.12. The third-order valence-electron chi connectivity index (χ3n) is 6.70. The predicted octanol–water partition coefficient (Wildman–Crippen LogP) is 6.85. The molecule has 0 aliphatic rings. The minimum atomic E-state index is -4.74. The molecular weight excluding hydrogens is 577 g/mol. The van der Waals surface area contributed by atoms with Crippen molar-refractivity contribution < 1.29 is 22.7 Å². The van der Waals surface area contributed by atoms with E-state index in [2.05, 4.69) is 51.1 Å². The van der Waals surface area contributed by atoms with Crippen LogP contribution in [0.2, 0.25) is 0 Å². The molecule has 2 aromatic heterocycles. The van der Waals surface area contributed by atoms with Crippen LogP contribution in [0, 0.1) is 20.8 Å². The Hall–Kier alpha value is -4.71. The summed E-state index contributed by atoms with van der Waals surface area (Å²) in [6.45, 7) is 6.59. The number of halogens is 3. The number of rotatable bonds is 8. The van der Waals surface area contributed by atoms with Gasteiger partial charge in [0.05, 0.1) is 11.4 Å². The number of alkyl halides is 3. The highest BCUT2D eigenvalue weighted by atomic mass is 32.1. The Kier molecular flexibility index (Phi) is 8.76. The minimum Gasteiger partial charge on any atom is -0.406 e. The summed E-state index contributed by atoms with van der Waals surface area (Å²) in [5.74, 6) is 0.179. The molecule has 1 N–H and O–H groups in total. The van der Waals surface area contributed by atoms with Crippen molar-refractivity contribution in [3.05, 3.63) is 106 Å². The van der Waals surface area contributed by atoms with E-state index in [9.17, 15) is 18.0 Å². The summed E-state index contributed by atoms with van der Waals surface area (Å²) in [5, 5.41) is 9.32. The summed E-state index contributed by atoms with van der Waals surface area (Å²) in [6.07, 6.45) is -1.75. The monoisotopic (exact) mass is 606 g/mol. The largest absolute Gasteiger partial charge is 0.573 e. The van der Waals surface area contributed by atoms with Crippen molar-refractivity contribution >= 4 is 17.4 Å². The first-order chi connectivity index (χ1) is 20.6.